The van der Waals surface area contributed by atoms with Crippen LogP contribution in [0.2, 0.25) is 0 Å². The zero-order valence-corrected chi connectivity index (χ0v) is 15.4. The standard InChI is InChI=1S/C18H28N2O3S/c1-15(2)14-19-18(21)17-8-11-20(12-9-17)24(22,23)13-10-16-6-4-3-5-7-16/h3-7,15,17H,8-14H2,1-2H3,(H,19,21). The van der Waals surface area contributed by atoms with Crippen molar-refractivity contribution in [2.75, 3.05) is 25.4 Å². The van der Waals surface area contributed by atoms with Gasteiger partial charge in [-0.15, -0.1) is 0 Å². The van der Waals surface area contributed by atoms with Crippen molar-refractivity contribution in [1.82, 2.24) is 9.62 Å². The third-order valence-corrected chi connectivity index (χ3v) is 6.27. The second-order valence-corrected chi connectivity index (χ2v) is 8.95. The first-order valence-electron chi connectivity index (χ1n) is 8.68. The molecule has 1 saturated heterocycles. The molecule has 0 spiro atoms. The Bertz CT molecular complexity index is 621. The summed E-state index contributed by atoms with van der Waals surface area (Å²) >= 11 is 0. The van der Waals surface area contributed by atoms with Crippen molar-refractivity contribution in [3.63, 3.8) is 0 Å². The first-order valence-corrected chi connectivity index (χ1v) is 10.3. The van der Waals surface area contributed by atoms with E-state index in [1.807, 2.05) is 30.3 Å². The van der Waals surface area contributed by atoms with E-state index in [9.17, 15) is 13.2 Å². The van der Waals surface area contributed by atoms with Gasteiger partial charge in [0.2, 0.25) is 15.9 Å². The van der Waals surface area contributed by atoms with Gasteiger partial charge in [0.25, 0.3) is 0 Å². The van der Waals surface area contributed by atoms with E-state index in [0.717, 1.165) is 5.56 Å². The van der Waals surface area contributed by atoms with Gasteiger partial charge in [0.1, 0.15) is 0 Å². The molecule has 0 unspecified atom stereocenters. The average Bonchev–Trinajstić information content (AvgIpc) is 2.59. The van der Waals surface area contributed by atoms with Crippen LogP contribution in [0.1, 0.15) is 32.3 Å². The van der Waals surface area contributed by atoms with Crippen molar-refractivity contribution in [2.45, 2.75) is 33.1 Å². The minimum atomic E-state index is -3.25. The summed E-state index contributed by atoms with van der Waals surface area (Å²) in [6.45, 7) is 5.67. The number of sulfonamides is 1. The number of amides is 1. The van der Waals surface area contributed by atoms with Crippen LogP contribution in [0.5, 0.6) is 0 Å². The Labute approximate surface area is 145 Å². The number of benzene rings is 1. The average molecular weight is 353 g/mol. The van der Waals surface area contributed by atoms with E-state index < -0.39 is 10.0 Å². The normalized spacial score (nSPS) is 17.1. The number of aryl methyl sites for hydroxylation is 1. The fraction of sp³-hybridized carbons (Fsp3) is 0.611. The van der Waals surface area contributed by atoms with Gasteiger partial charge in [-0.3, -0.25) is 4.79 Å². The molecule has 0 aliphatic carbocycles. The van der Waals surface area contributed by atoms with Crippen molar-refractivity contribution in [3.8, 4) is 0 Å². The molecular weight excluding hydrogens is 324 g/mol. The van der Waals surface area contributed by atoms with E-state index in [1.54, 1.807) is 4.31 Å². The van der Waals surface area contributed by atoms with Gasteiger partial charge in [0.15, 0.2) is 0 Å². The van der Waals surface area contributed by atoms with Gasteiger partial charge in [0, 0.05) is 25.6 Å². The minimum absolute atomic E-state index is 0.0602. The van der Waals surface area contributed by atoms with Crippen molar-refractivity contribution in [2.24, 2.45) is 11.8 Å². The van der Waals surface area contributed by atoms with E-state index in [4.69, 9.17) is 0 Å². The van der Waals surface area contributed by atoms with Gasteiger partial charge < -0.3 is 5.32 Å². The Balaban J connectivity index is 1.81. The van der Waals surface area contributed by atoms with Gasteiger partial charge in [-0.25, -0.2) is 12.7 Å². The van der Waals surface area contributed by atoms with Gasteiger partial charge in [-0.1, -0.05) is 44.2 Å². The summed E-state index contributed by atoms with van der Waals surface area (Å²) < 4.78 is 26.5. The molecule has 1 aromatic rings. The zero-order valence-electron chi connectivity index (χ0n) is 14.6. The molecule has 1 aliphatic heterocycles. The van der Waals surface area contributed by atoms with Crippen LogP contribution in [0.15, 0.2) is 30.3 Å². The summed E-state index contributed by atoms with van der Waals surface area (Å²) in [7, 11) is -3.25. The number of carbonyl (C=O) groups is 1. The summed E-state index contributed by atoms with van der Waals surface area (Å²) in [5.74, 6) is 0.545. The molecule has 1 aliphatic rings. The van der Waals surface area contributed by atoms with Crippen molar-refractivity contribution in [1.29, 1.82) is 0 Å². The third-order valence-electron chi connectivity index (χ3n) is 4.39. The number of carbonyl (C=O) groups excluding carboxylic acids is 1. The number of hydrogen-bond acceptors (Lipinski definition) is 3. The number of nitrogens with one attached hydrogen (secondary N) is 1. The number of hydrogen-bond donors (Lipinski definition) is 1. The SMILES string of the molecule is CC(C)CNC(=O)C1CCN(S(=O)(=O)CCc2ccccc2)CC1. The van der Waals surface area contributed by atoms with Crippen LogP contribution in [0.4, 0.5) is 0 Å². The predicted octanol–water partition coefficient (Wildman–Crippen LogP) is 2.04. The Morgan fingerprint density at radius 3 is 2.42 bits per heavy atom. The molecule has 1 amide bonds. The zero-order chi connectivity index (χ0) is 17.6. The quantitative estimate of drug-likeness (QED) is 0.817. The third kappa shape index (κ3) is 5.60. The Morgan fingerprint density at radius 2 is 1.83 bits per heavy atom. The van der Waals surface area contributed by atoms with E-state index in [0.29, 0.717) is 44.8 Å². The highest BCUT2D eigenvalue weighted by Gasteiger charge is 2.30. The summed E-state index contributed by atoms with van der Waals surface area (Å²) in [6, 6.07) is 9.65. The van der Waals surface area contributed by atoms with Crippen LogP contribution < -0.4 is 5.32 Å². The fourth-order valence-corrected chi connectivity index (χ4v) is 4.38. The van der Waals surface area contributed by atoms with Crippen LogP contribution in [0, 0.1) is 11.8 Å². The lowest BCUT2D eigenvalue weighted by Gasteiger charge is -2.30. The molecule has 134 valence electrons. The molecule has 0 saturated carbocycles. The molecule has 0 radical (unpaired) electrons. The number of rotatable bonds is 7. The Kier molecular flexibility index (Phi) is 6.80. The molecule has 1 fully saturated rings. The van der Waals surface area contributed by atoms with Crippen LogP contribution in [-0.2, 0) is 21.2 Å². The molecule has 5 nitrogen and oxygen atoms in total. The van der Waals surface area contributed by atoms with E-state index >= 15 is 0 Å². The van der Waals surface area contributed by atoms with Gasteiger partial charge in [0.05, 0.1) is 5.75 Å². The van der Waals surface area contributed by atoms with Crippen molar-refractivity contribution >= 4 is 15.9 Å². The van der Waals surface area contributed by atoms with Crippen LogP contribution >= 0.6 is 0 Å². The van der Waals surface area contributed by atoms with Gasteiger partial charge in [-0.2, -0.15) is 0 Å². The largest absolute Gasteiger partial charge is 0.356 e. The van der Waals surface area contributed by atoms with Crippen LogP contribution in [-0.4, -0.2) is 44.0 Å². The van der Waals surface area contributed by atoms with E-state index in [2.05, 4.69) is 19.2 Å². The molecule has 0 atom stereocenters. The highest BCUT2D eigenvalue weighted by molar-refractivity contribution is 7.89. The molecule has 1 N–H and O–H groups in total. The topological polar surface area (TPSA) is 66.5 Å². The molecule has 1 heterocycles. The Morgan fingerprint density at radius 1 is 1.21 bits per heavy atom. The lowest BCUT2D eigenvalue weighted by atomic mass is 9.97. The monoisotopic (exact) mass is 352 g/mol. The second kappa shape index (κ2) is 8.62. The van der Waals surface area contributed by atoms with Gasteiger partial charge in [-0.05, 0) is 30.7 Å². The number of piperidine rings is 1. The maximum Gasteiger partial charge on any atom is 0.223 e. The first kappa shape index (κ1) is 18.9. The van der Waals surface area contributed by atoms with Crippen LogP contribution in [0.25, 0.3) is 0 Å². The molecule has 24 heavy (non-hydrogen) atoms. The molecular formula is C18H28N2O3S. The maximum atomic E-state index is 12.5. The molecule has 1 aromatic carbocycles. The van der Waals surface area contributed by atoms with Crippen molar-refractivity contribution < 1.29 is 13.2 Å². The van der Waals surface area contributed by atoms with E-state index in [1.165, 1.54) is 0 Å². The highest BCUT2D eigenvalue weighted by atomic mass is 32.2. The van der Waals surface area contributed by atoms with E-state index in [-0.39, 0.29) is 17.6 Å². The predicted molar refractivity (Wildman–Crippen MR) is 96.1 cm³/mol. The lowest BCUT2D eigenvalue weighted by Crippen LogP contribution is -2.44. The lowest BCUT2D eigenvalue weighted by molar-refractivity contribution is -0.126. The minimum Gasteiger partial charge on any atom is -0.356 e. The number of nitrogens with zero attached hydrogens (tertiary/aromatic N) is 1. The summed E-state index contributed by atoms with van der Waals surface area (Å²) in [6.07, 6.45) is 1.74. The highest BCUT2D eigenvalue weighted by Crippen LogP contribution is 2.20. The molecule has 2 rings (SSSR count). The molecule has 0 bridgehead atoms. The summed E-state index contributed by atoms with van der Waals surface area (Å²) in [5, 5.41) is 2.95. The summed E-state index contributed by atoms with van der Waals surface area (Å²) in [4.78, 5) is 12.1. The second-order valence-electron chi connectivity index (χ2n) is 6.86. The maximum absolute atomic E-state index is 12.5. The van der Waals surface area contributed by atoms with Crippen LogP contribution in [0.3, 0.4) is 0 Å². The smallest absolute Gasteiger partial charge is 0.223 e. The van der Waals surface area contributed by atoms with Gasteiger partial charge >= 0.3 is 0 Å². The first-order chi connectivity index (χ1) is 11.4. The Hall–Kier alpha value is -1.40. The van der Waals surface area contributed by atoms with Crippen molar-refractivity contribution in [3.05, 3.63) is 35.9 Å². The molecule has 0 aromatic heterocycles. The summed E-state index contributed by atoms with van der Waals surface area (Å²) in [5.41, 5.74) is 1.03. The molecule has 6 heteroatoms. The fourth-order valence-electron chi connectivity index (χ4n) is 2.87.